The summed E-state index contributed by atoms with van der Waals surface area (Å²) in [5.41, 5.74) is -0.585. The third-order valence-electron chi connectivity index (χ3n) is 3.12. The Bertz CT molecular complexity index is 882. The second-order valence-corrected chi connectivity index (χ2v) is 6.39. The van der Waals surface area contributed by atoms with E-state index in [1.807, 2.05) is 0 Å². The van der Waals surface area contributed by atoms with E-state index in [9.17, 15) is 18.0 Å². The number of aliphatic imine (C=N–C) groups is 1. The molecule has 3 rings (SSSR count). The number of hydrogen-bond acceptors (Lipinski definition) is 4. The van der Waals surface area contributed by atoms with Gasteiger partial charge < -0.3 is 5.32 Å². The fraction of sp³-hybridized carbons (Fsp3) is 0.0625. The summed E-state index contributed by atoms with van der Waals surface area (Å²) >= 11 is 6.59. The van der Waals surface area contributed by atoms with Gasteiger partial charge >= 0.3 is 6.18 Å². The summed E-state index contributed by atoms with van der Waals surface area (Å²) in [6.07, 6.45) is 0.140. The molecular weight excluding hydrogens is 375 g/mol. The molecule has 0 spiro atoms. The van der Waals surface area contributed by atoms with Gasteiger partial charge in [-0.15, -0.1) is 0 Å². The van der Waals surface area contributed by atoms with Crippen molar-refractivity contribution < 1.29 is 18.0 Å². The van der Waals surface area contributed by atoms with Gasteiger partial charge in [0.25, 0.3) is 5.91 Å². The number of thioether (sulfide) groups is 1. The lowest BCUT2D eigenvalue weighted by Gasteiger charge is -2.10. The number of amides is 1. The SMILES string of the molecule is O=C1NC(=Nc2ccc(Cl)cc2C(F)(F)F)SC1=Cc1cccnc1. The second kappa shape index (κ2) is 6.89. The Balaban J connectivity index is 1.92. The number of amidine groups is 1. The Morgan fingerprint density at radius 1 is 1.28 bits per heavy atom. The Morgan fingerprint density at radius 2 is 2.08 bits per heavy atom. The van der Waals surface area contributed by atoms with Crippen LogP contribution in [0.2, 0.25) is 5.02 Å². The van der Waals surface area contributed by atoms with Gasteiger partial charge in [0.15, 0.2) is 5.17 Å². The molecule has 0 atom stereocenters. The molecule has 1 aromatic heterocycles. The number of benzene rings is 1. The van der Waals surface area contributed by atoms with Gasteiger partial charge in [-0.3, -0.25) is 9.78 Å². The van der Waals surface area contributed by atoms with Gasteiger partial charge in [-0.1, -0.05) is 17.7 Å². The number of alkyl halides is 3. The highest BCUT2D eigenvalue weighted by atomic mass is 35.5. The molecule has 0 aliphatic carbocycles. The van der Waals surface area contributed by atoms with Crippen molar-refractivity contribution in [2.45, 2.75) is 6.18 Å². The molecule has 1 N–H and O–H groups in total. The predicted molar refractivity (Wildman–Crippen MR) is 91.5 cm³/mol. The predicted octanol–water partition coefficient (Wildman–Crippen LogP) is 4.65. The van der Waals surface area contributed by atoms with Crippen LogP contribution in [0.15, 0.2) is 52.6 Å². The molecule has 0 bridgehead atoms. The van der Waals surface area contributed by atoms with Crippen LogP contribution in [0.1, 0.15) is 11.1 Å². The molecule has 1 aliphatic heterocycles. The number of halogens is 4. The summed E-state index contributed by atoms with van der Waals surface area (Å²) in [5, 5.41) is 2.47. The van der Waals surface area contributed by atoms with Crippen LogP contribution in [-0.2, 0) is 11.0 Å². The van der Waals surface area contributed by atoms with Crippen molar-refractivity contribution in [3.05, 3.63) is 63.8 Å². The van der Waals surface area contributed by atoms with Crippen molar-refractivity contribution in [2.75, 3.05) is 0 Å². The van der Waals surface area contributed by atoms with Gasteiger partial charge in [0.05, 0.1) is 16.2 Å². The molecule has 1 amide bonds. The standard InChI is InChI=1S/C16H9ClF3N3OS/c17-10-3-4-12(11(7-10)16(18,19)20)22-15-23-14(24)13(25-15)6-9-2-1-5-21-8-9/h1-8H,(H,22,23,24). The van der Waals surface area contributed by atoms with Gasteiger partial charge in [0.1, 0.15) is 0 Å². The minimum Gasteiger partial charge on any atom is -0.300 e. The number of carbonyl (C=O) groups excluding carboxylic acids is 1. The van der Waals surface area contributed by atoms with Crippen LogP contribution in [0.3, 0.4) is 0 Å². The number of hydrogen-bond donors (Lipinski definition) is 1. The molecule has 9 heteroatoms. The van der Waals surface area contributed by atoms with Crippen LogP contribution < -0.4 is 5.32 Å². The average Bonchev–Trinajstić information content (AvgIpc) is 2.88. The monoisotopic (exact) mass is 383 g/mol. The van der Waals surface area contributed by atoms with E-state index in [2.05, 4.69) is 15.3 Å². The summed E-state index contributed by atoms with van der Waals surface area (Å²) in [6.45, 7) is 0. The topological polar surface area (TPSA) is 54.4 Å². The molecular formula is C16H9ClF3N3OS. The van der Waals surface area contributed by atoms with E-state index in [1.165, 1.54) is 6.07 Å². The molecule has 2 aromatic rings. The van der Waals surface area contributed by atoms with E-state index in [4.69, 9.17) is 11.6 Å². The van der Waals surface area contributed by atoms with Crippen LogP contribution >= 0.6 is 23.4 Å². The first-order chi connectivity index (χ1) is 11.8. The van der Waals surface area contributed by atoms with Crippen LogP contribution in [0.5, 0.6) is 0 Å². The first kappa shape index (κ1) is 17.5. The third kappa shape index (κ3) is 4.21. The van der Waals surface area contributed by atoms with Crippen LogP contribution in [0.25, 0.3) is 6.08 Å². The minimum absolute atomic E-state index is 0.0449. The molecule has 1 saturated heterocycles. The largest absolute Gasteiger partial charge is 0.418 e. The summed E-state index contributed by atoms with van der Waals surface area (Å²) in [4.78, 5) is 20.1. The van der Waals surface area contributed by atoms with Crippen molar-refractivity contribution in [1.82, 2.24) is 10.3 Å². The van der Waals surface area contributed by atoms with Crippen molar-refractivity contribution in [3.8, 4) is 0 Å². The average molecular weight is 384 g/mol. The van der Waals surface area contributed by atoms with Crippen LogP contribution in [0.4, 0.5) is 18.9 Å². The zero-order valence-corrected chi connectivity index (χ0v) is 13.9. The Hall–Kier alpha value is -2.32. The summed E-state index contributed by atoms with van der Waals surface area (Å²) in [5.74, 6) is -0.435. The fourth-order valence-corrected chi connectivity index (χ4v) is 3.04. The van der Waals surface area contributed by atoms with Gasteiger partial charge in [-0.25, -0.2) is 4.99 Å². The fourth-order valence-electron chi connectivity index (χ4n) is 2.04. The van der Waals surface area contributed by atoms with Crippen LogP contribution in [0, 0.1) is 0 Å². The van der Waals surface area contributed by atoms with Gasteiger partial charge in [0.2, 0.25) is 0 Å². The summed E-state index contributed by atoms with van der Waals surface area (Å²) < 4.78 is 39.3. The highest BCUT2D eigenvalue weighted by Crippen LogP contribution is 2.39. The zero-order valence-electron chi connectivity index (χ0n) is 12.3. The molecule has 1 aromatic carbocycles. The maximum Gasteiger partial charge on any atom is 0.418 e. The van der Waals surface area contributed by atoms with E-state index < -0.39 is 17.6 Å². The maximum absolute atomic E-state index is 13.1. The first-order valence-corrected chi connectivity index (χ1v) is 8.09. The molecule has 4 nitrogen and oxygen atoms in total. The van der Waals surface area contributed by atoms with Gasteiger partial charge in [0, 0.05) is 17.4 Å². The number of carbonyl (C=O) groups is 1. The lowest BCUT2D eigenvalue weighted by molar-refractivity contribution is -0.137. The van der Waals surface area contributed by atoms with Gasteiger partial charge in [-0.2, -0.15) is 13.2 Å². The van der Waals surface area contributed by atoms with E-state index >= 15 is 0 Å². The quantitative estimate of drug-likeness (QED) is 0.768. The first-order valence-electron chi connectivity index (χ1n) is 6.89. The zero-order chi connectivity index (χ0) is 18.0. The minimum atomic E-state index is -4.61. The van der Waals surface area contributed by atoms with E-state index in [-0.39, 0.29) is 15.9 Å². The molecule has 2 heterocycles. The number of nitrogens with zero attached hydrogens (tertiary/aromatic N) is 2. The molecule has 0 unspecified atom stereocenters. The molecule has 1 fully saturated rings. The van der Waals surface area contributed by atoms with Crippen molar-refractivity contribution in [3.63, 3.8) is 0 Å². The number of nitrogens with one attached hydrogen (secondary N) is 1. The lowest BCUT2D eigenvalue weighted by atomic mass is 10.2. The molecule has 25 heavy (non-hydrogen) atoms. The summed E-state index contributed by atoms with van der Waals surface area (Å²) in [6, 6.07) is 6.73. The smallest absolute Gasteiger partial charge is 0.300 e. The van der Waals surface area contributed by atoms with E-state index in [0.29, 0.717) is 10.5 Å². The number of rotatable bonds is 2. The maximum atomic E-state index is 13.1. The second-order valence-electron chi connectivity index (χ2n) is 4.93. The number of pyridine rings is 1. The normalized spacial score (nSPS) is 18.0. The number of aromatic nitrogens is 1. The summed E-state index contributed by atoms with van der Waals surface area (Å²) in [7, 11) is 0. The Kier molecular flexibility index (Phi) is 4.82. The van der Waals surface area contributed by atoms with Crippen molar-refractivity contribution in [1.29, 1.82) is 0 Å². The Morgan fingerprint density at radius 3 is 2.76 bits per heavy atom. The van der Waals surface area contributed by atoms with E-state index in [0.717, 1.165) is 23.9 Å². The van der Waals surface area contributed by atoms with Crippen LogP contribution in [-0.4, -0.2) is 16.1 Å². The lowest BCUT2D eigenvalue weighted by Crippen LogP contribution is -2.19. The van der Waals surface area contributed by atoms with Crippen molar-refractivity contribution in [2.24, 2.45) is 4.99 Å². The molecule has 0 radical (unpaired) electrons. The Labute approximate surface area is 149 Å². The van der Waals surface area contributed by atoms with E-state index in [1.54, 1.807) is 30.6 Å². The molecule has 1 aliphatic rings. The van der Waals surface area contributed by atoms with Gasteiger partial charge in [-0.05, 0) is 47.7 Å². The molecule has 0 saturated carbocycles. The third-order valence-corrected chi connectivity index (χ3v) is 4.26. The molecule has 128 valence electrons. The van der Waals surface area contributed by atoms with Crippen molar-refractivity contribution >= 4 is 46.2 Å². The highest BCUT2D eigenvalue weighted by molar-refractivity contribution is 8.18. The highest BCUT2D eigenvalue weighted by Gasteiger charge is 2.34.